The predicted octanol–water partition coefficient (Wildman–Crippen LogP) is 5.35. The number of alkyl halides is 1. The number of nitrogens with zero attached hydrogens (tertiary/aromatic N) is 5. The zero-order valence-electron chi connectivity index (χ0n) is 20.7. The van der Waals surface area contributed by atoms with Crippen LogP contribution < -0.4 is 5.32 Å². The lowest BCUT2D eigenvalue weighted by Crippen LogP contribution is -2.37. The van der Waals surface area contributed by atoms with E-state index in [-0.39, 0.29) is 54.8 Å². The van der Waals surface area contributed by atoms with E-state index in [2.05, 4.69) is 25.3 Å². The zero-order valence-corrected chi connectivity index (χ0v) is 20.7. The summed E-state index contributed by atoms with van der Waals surface area (Å²) in [4.78, 5) is 16.7. The van der Waals surface area contributed by atoms with Crippen LogP contribution in [0.25, 0.3) is 22.3 Å². The van der Waals surface area contributed by atoms with Crippen molar-refractivity contribution >= 4 is 22.8 Å². The van der Waals surface area contributed by atoms with Crippen LogP contribution in [0.15, 0.2) is 36.7 Å². The quantitative estimate of drug-likeness (QED) is 0.359. The number of aliphatic hydroxyl groups excluding tert-OH is 1. The van der Waals surface area contributed by atoms with Crippen LogP contribution in [-0.2, 0) is 4.74 Å². The molecule has 0 aliphatic carbocycles. The molecule has 11 heteroatoms. The molecule has 1 aliphatic rings. The number of fused-ring (bicyclic) bond motifs is 1. The van der Waals surface area contributed by atoms with Crippen molar-refractivity contribution in [2.75, 3.05) is 18.5 Å². The summed E-state index contributed by atoms with van der Waals surface area (Å²) in [6.07, 6.45) is 1.23. The molecule has 194 valence electrons. The molecule has 0 spiro atoms. The maximum absolute atomic E-state index is 15.1. The van der Waals surface area contributed by atoms with Gasteiger partial charge < -0.3 is 19.7 Å². The predicted molar refractivity (Wildman–Crippen MR) is 132 cm³/mol. The molecule has 5 rings (SSSR count). The van der Waals surface area contributed by atoms with Crippen LogP contribution in [-0.4, -0.2) is 48.5 Å². The van der Waals surface area contributed by atoms with Gasteiger partial charge in [-0.15, -0.1) is 0 Å². The summed E-state index contributed by atoms with van der Waals surface area (Å²) in [6.45, 7) is 6.21. The minimum atomic E-state index is -1.77. The number of pyridine rings is 1. The molecule has 8 nitrogen and oxygen atoms in total. The lowest BCUT2D eigenvalue weighted by atomic mass is 9.87. The second-order valence-electron chi connectivity index (χ2n) is 9.49. The van der Waals surface area contributed by atoms with Gasteiger partial charge >= 0.3 is 0 Å². The number of anilines is 2. The third-order valence-corrected chi connectivity index (χ3v) is 6.62. The molecule has 0 amide bonds. The van der Waals surface area contributed by atoms with Crippen LogP contribution in [0.4, 0.5) is 24.9 Å². The molecule has 0 bridgehead atoms. The Kier molecular flexibility index (Phi) is 6.59. The number of imidazole rings is 1. The van der Waals surface area contributed by atoms with Gasteiger partial charge in [0, 0.05) is 49.4 Å². The van der Waals surface area contributed by atoms with Gasteiger partial charge in [-0.1, -0.05) is 6.07 Å². The van der Waals surface area contributed by atoms with E-state index in [4.69, 9.17) is 4.74 Å². The normalized spacial score (nSPS) is 16.3. The summed E-state index contributed by atoms with van der Waals surface area (Å²) in [5.41, 5.74) is -0.532. The number of aromatic nitrogens is 5. The second kappa shape index (κ2) is 9.71. The summed E-state index contributed by atoms with van der Waals surface area (Å²) >= 11 is 0. The third kappa shape index (κ3) is 4.76. The molecule has 3 aromatic heterocycles. The largest absolute Gasteiger partial charge is 0.385 e. The molecule has 1 aliphatic heterocycles. The van der Waals surface area contributed by atoms with Crippen molar-refractivity contribution in [3.8, 4) is 11.3 Å². The van der Waals surface area contributed by atoms with Crippen LogP contribution in [0, 0.1) is 18.6 Å². The van der Waals surface area contributed by atoms with Gasteiger partial charge in [-0.3, -0.25) is 0 Å². The van der Waals surface area contributed by atoms with Gasteiger partial charge in [0.1, 0.15) is 34.6 Å². The topological polar surface area (TPSA) is 98.0 Å². The van der Waals surface area contributed by atoms with E-state index in [1.54, 1.807) is 25.1 Å². The molecular formula is C26H27F3N6O2. The molecule has 37 heavy (non-hydrogen) atoms. The van der Waals surface area contributed by atoms with Crippen molar-refractivity contribution < 1.29 is 23.0 Å². The van der Waals surface area contributed by atoms with E-state index in [1.165, 1.54) is 12.3 Å². The first-order valence-corrected chi connectivity index (χ1v) is 12.0. The summed E-state index contributed by atoms with van der Waals surface area (Å²) < 4.78 is 51.8. The van der Waals surface area contributed by atoms with E-state index in [0.29, 0.717) is 22.7 Å². The van der Waals surface area contributed by atoms with Crippen molar-refractivity contribution in [3.63, 3.8) is 0 Å². The first kappa shape index (κ1) is 25.1. The molecule has 0 radical (unpaired) electrons. The van der Waals surface area contributed by atoms with Crippen LogP contribution in [0.2, 0.25) is 0 Å². The third-order valence-electron chi connectivity index (χ3n) is 6.62. The number of rotatable bonds is 6. The minimum absolute atomic E-state index is 0.0263. The smallest absolute Gasteiger partial charge is 0.229 e. The number of aliphatic hydroxyl groups is 1. The average molecular weight is 513 g/mol. The average Bonchev–Trinajstić information content (AvgIpc) is 3.22. The van der Waals surface area contributed by atoms with E-state index < -0.39 is 23.4 Å². The SMILES string of the molecule is Cc1nc2c(F)cc(-c3nc(Nc4ccc([C@@H](O)C5(F)CCOCC5)cn4)ncc3F)cc2n1C(C)C. The van der Waals surface area contributed by atoms with Crippen molar-refractivity contribution in [3.05, 3.63) is 59.7 Å². The Balaban J connectivity index is 1.42. The lowest BCUT2D eigenvalue weighted by molar-refractivity contribution is -0.0832. The zero-order chi connectivity index (χ0) is 26.3. The molecule has 1 saturated heterocycles. The fourth-order valence-electron chi connectivity index (χ4n) is 4.73. The van der Waals surface area contributed by atoms with Gasteiger partial charge in [0.2, 0.25) is 5.95 Å². The lowest BCUT2D eigenvalue weighted by Gasteiger charge is -2.33. The van der Waals surface area contributed by atoms with Crippen LogP contribution in [0.1, 0.15) is 50.2 Å². The first-order chi connectivity index (χ1) is 17.7. The number of ether oxygens (including phenoxy) is 1. The maximum atomic E-state index is 15.1. The Morgan fingerprint density at radius 1 is 1.05 bits per heavy atom. The number of halogens is 3. The molecule has 0 saturated carbocycles. The van der Waals surface area contributed by atoms with Crippen molar-refractivity contribution in [2.24, 2.45) is 0 Å². The first-order valence-electron chi connectivity index (χ1n) is 12.0. The van der Waals surface area contributed by atoms with Crippen molar-refractivity contribution in [2.45, 2.75) is 51.4 Å². The van der Waals surface area contributed by atoms with E-state index in [1.807, 2.05) is 18.4 Å². The van der Waals surface area contributed by atoms with Crippen LogP contribution in [0.3, 0.4) is 0 Å². The van der Waals surface area contributed by atoms with Gasteiger partial charge in [-0.2, -0.15) is 0 Å². The Hall–Kier alpha value is -3.57. The fourth-order valence-corrected chi connectivity index (χ4v) is 4.73. The molecule has 1 fully saturated rings. The summed E-state index contributed by atoms with van der Waals surface area (Å²) in [5, 5.41) is 13.4. The highest BCUT2D eigenvalue weighted by atomic mass is 19.1. The summed E-state index contributed by atoms with van der Waals surface area (Å²) in [6, 6.07) is 5.99. The highest BCUT2D eigenvalue weighted by Gasteiger charge is 2.40. The number of hydrogen-bond donors (Lipinski definition) is 2. The van der Waals surface area contributed by atoms with E-state index in [9.17, 15) is 13.9 Å². The highest BCUT2D eigenvalue weighted by Crippen LogP contribution is 2.38. The molecule has 1 atom stereocenters. The van der Waals surface area contributed by atoms with Gasteiger partial charge in [0.05, 0.1) is 11.7 Å². The molecule has 2 N–H and O–H groups in total. The Bertz CT molecular complexity index is 1430. The minimum Gasteiger partial charge on any atom is -0.385 e. The molecule has 4 heterocycles. The number of hydrogen-bond acceptors (Lipinski definition) is 7. The Morgan fingerprint density at radius 2 is 1.81 bits per heavy atom. The molecule has 1 aromatic carbocycles. The van der Waals surface area contributed by atoms with Gasteiger partial charge in [0.25, 0.3) is 0 Å². The van der Waals surface area contributed by atoms with Crippen molar-refractivity contribution in [1.82, 2.24) is 24.5 Å². The van der Waals surface area contributed by atoms with Gasteiger partial charge in [-0.25, -0.2) is 33.1 Å². The number of nitrogens with one attached hydrogen (secondary N) is 1. The molecule has 4 aromatic rings. The second-order valence-corrected chi connectivity index (χ2v) is 9.49. The number of aryl methyl sites for hydroxylation is 1. The summed E-state index contributed by atoms with van der Waals surface area (Å²) in [5.74, 6) is -0.288. The van der Waals surface area contributed by atoms with E-state index in [0.717, 1.165) is 6.20 Å². The monoisotopic (exact) mass is 512 g/mol. The van der Waals surface area contributed by atoms with Gasteiger partial charge in [0.15, 0.2) is 11.6 Å². The summed E-state index contributed by atoms with van der Waals surface area (Å²) in [7, 11) is 0. The highest BCUT2D eigenvalue weighted by molar-refractivity contribution is 5.83. The molecule has 0 unspecified atom stereocenters. The van der Waals surface area contributed by atoms with Crippen LogP contribution in [0.5, 0.6) is 0 Å². The molecular weight excluding hydrogens is 485 g/mol. The maximum Gasteiger partial charge on any atom is 0.229 e. The number of benzene rings is 1. The van der Waals surface area contributed by atoms with Crippen molar-refractivity contribution in [1.29, 1.82) is 0 Å². The van der Waals surface area contributed by atoms with Crippen LogP contribution >= 0.6 is 0 Å². The Labute approximate surface area is 211 Å². The van der Waals surface area contributed by atoms with E-state index >= 15 is 4.39 Å². The fraction of sp³-hybridized carbons (Fsp3) is 0.385. The standard InChI is InChI=1S/C26H27F3N6O2/c1-14(2)35-15(3)32-23-18(27)10-17(11-20(23)35)22-19(28)13-31-25(34-22)33-21-5-4-16(12-30-21)24(36)26(29)6-8-37-9-7-26/h4-5,10-14,24,36H,6-9H2,1-3H3,(H,30,31,33,34)/t24-/m1/s1. The van der Waals surface area contributed by atoms with Gasteiger partial charge in [-0.05, 0) is 39.0 Å². The Morgan fingerprint density at radius 3 is 2.49 bits per heavy atom.